The van der Waals surface area contributed by atoms with E-state index in [0.29, 0.717) is 12.0 Å². The smallest absolute Gasteiger partial charge is 0.0590 e. The first-order chi connectivity index (χ1) is 8.94. The molecule has 0 bridgehead atoms. The van der Waals surface area contributed by atoms with E-state index in [1.165, 1.54) is 18.4 Å². The molecule has 0 fully saturated rings. The van der Waals surface area contributed by atoms with Gasteiger partial charge in [0.15, 0.2) is 0 Å². The second kappa shape index (κ2) is 7.06. The number of rotatable bonds is 7. The van der Waals surface area contributed by atoms with Crippen LogP contribution in [-0.4, -0.2) is 25.0 Å². The zero-order chi connectivity index (χ0) is 14.5. The van der Waals surface area contributed by atoms with Gasteiger partial charge in [0, 0.05) is 6.04 Å². The van der Waals surface area contributed by atoms with Crippen molar-refractivity contribution >= 4 is 0 Å². The lowest BCUT2D eigenvalue weighted by molar-refractivity contribution is 0.121. The van der Waals surface area contributed by atoms with Crippen LogP contribution in [0.25, 0.3) is 0 Å². The Labute approximate surface area is 119 Å². The molecule has 2 nitrogen and oxygen atoms in total. The molecule has 0 amide bonds. The van der Waals surface area contributed by atoms with E-state index in [1.807, 2.05) is 0 Å². The number of benzene rings is 1. The molecule has 19 heavy (non-hydrogen) atoms. The van der Waals surface area contributed by atoms with Gasteiger partial charge >= 0.3 is 0 Å². The summed E-state index contributed by atoms with van der Waals surface area (Å²) in [5.74, 6) is 0.402. The van der Waals surface area contributed by atoms with Gasteiger partial charge < -0.3 is 10.6 Å². The summed E-state index contributed by atoms with van der Waals surface area (Å²) in [6, 6.07) is 10.9. The van der Waals surface area contributed by atoms with Gasteiger partial charge in [-0.3, -0.25) is 0 Å². The van der Waals surface area contributed by atoms with E-state index in [4.69, 9.17) is 5.73 Å². The summed E-state index contributed by atoms with van der Waals surface area (Å²) in [5, 5.41) is 0. The molecule has 2 unspecified atom stereocenters. The molecule has 0 heterocycles. The molecule has 0 aromatic heterocycles. The van der Waals surface area contributed by atoms with Crippen LogP contribution >= 0.6 is 0 Å². The summed E-state index contributed by atoms with van der Waals surface area (Å²) in [6.07, 6.45) is 3.59. The molecule has 108 valence electrons. The van der Waals surface area contributed by atoms with Crippen LogP contribution in [0.2, 0.25) is 0 Å². The maximum absolute atomic E-state index is 6.91. The molecular formula is C17H30N2. The summed E-state index contributed by atoms with van der Waals surface area (Å²) < 4.78 is 0. The quantitative estimate of drug-likeness (QED) is 0.813. The van der Waals surface area contributed by atoms with Crippen LogP contribution in [0.15, 0.2) is 30.3 Å². The first kappa shape index (κ1) is 16.2. The average Bonchev–Trinajstić information content (AvgIpc) is 2.39. The highest BCUT2D eigenvalue weighted by Crippen LogP contribution is 2.34. The second-order valence-electron chi connectivity index (χ2n) is 6.08. The molecule has 0 saturated carbocycles. The molecule has 1 aromatic rings. The predicted octanol–water partition coefficient (Wildman–Crippen LogP) is 3.62. The van der Waals surface area contributed by atoms with Crippen molar-refractivity contribution in [2.24, 2.45) is 11.7 Å². The van der Waals surface area contributed by atoms with E-state index >= 15 is 0 Å². The molecule has 2 heteroatoms. The summed E-state index contributed by atoms with van der Waals surface area (Å²) in [5.41, 5.74) is 7.86. The van der Waals surface area contributed by atoms with Crippen molar-refractivity contribution in [1.82, 2.24) is 4.90 Å². The standard InChI is InChI=1S/C17H30N2/c1-6-7-13-16(19(4)5)17(18,14(2)3)15-11-9-8-10-12-15/h8-12,14,16H,6-7,13,18H2,1-5H3. The largest absolute Gasteiger partial charge is 0.320 e. The molecule has 0 aliphatic heterocycles. The average molecular weight is 262 g/mol. The van der Waals surface area contributed by atoms with Crippen molar-refractivity contribution in [3.63, 3.8) is 0 Å². The van der Waals surface area contributed by atoms with Gasteiger partial charge in [-0.15, -0.1) is 0 Å². The Bertz CT molecular complexity index is 359. The Morgan fingerprint density at radius 2 is 1.74 bits per heavy atom. The molecule has 0 radical (unpaired) electrons. The van der Waals surface area contributed by atoms with Gasteiger partial charge in [0.25, 0.3) is 0 Å². The third-order valence-electron chi connectivity index (χ3n) is 4.23. The normalized spacial score (nSPS) is 16.6. The zero-order valence-corrected chi connectivity index (χ0v) is 13.2. The van der Waals surface area contributed by atoms with E-state index in [9.17, 15) is 0 Å². The lowest BCUT2D eigenvalue weighted by Gasteiger charge is -2.45. The van der Waals surface area contributed by atoms with E-state index in [1.54, 1.807) is 0 Å². The fourth-order valence-electron chi connectivity index (χ4n) is 2.96. The molecule has 0 saturated heterocycles. The maximum Gasteiger partial charge on any atom is 0.0590 e. The second-order valence-corrected chi connectivity index (χ2v) is 6.08. The first-order valence-electron chi connectivity index (χ1n) is 7.45. The molecule has 0 spiro atoms. The highest BCUT2D eigenvalue weighted by molar-refractivity contribution is 5.27. The SMILES string of the molecule is CCCCC(N(C)C)C(N)(c1ccccc1)C(C)C. The van der Waals surface area contributed by atoms with Crippen molar-refractivity contribution in [1.29, 1.82) is 0 Å². The Hall–Kier alpha value is -0.860. The Morgan fingerprint density at radius 1 is 1.16 bits per heavy atom. The molecule has 1 rings (SSSR count). The van der Waals surface area contributed by atoms with Crippen LogP contribution in [0, 0.1) is 5.92 Å². The topological polar surface area (TPSA) is 29.3 Å². The van der Waals surface area contributed by atoms with Gasteiger partial charge in [0.05, 0.1) is 5.54 Å². The molecule has 0 aliphatic carbocycles. The van der Waals surface area contributed by atoms with Gasteiger partial charge in [-0.2, -0.15) is 0 Å². The number of likely N-dealkylation sites (N-methyl/N-ethyl adjacent to an activating group) is 1. The lowest BCUT2D eigenvalue weighted by Crippen LogP contribution is -2.57. The minimum Gasteiger partial charge on any atom is -0.320 e. The fourth-order valence-corrected chi connectivity index (χ4v) is 2.96. The van der Waals surface area contributed by atoms with Gasteiger partial charge in [-0.25, -0.2) is 0 Å². The third-order valence-corrected chi connectivity index (χ3v) is 4.23. The molecule has 2 N–H and O–H groups in total. The van der Waals surface area contributed by atoms with Crippen LogP contribution in [-0.2, 0) is 5.54 Å². The van der Waals surface area contributed by atoms with Gasteiger partial charge in [-0.1, -0.05) is 63.9 Å². The minimum absolute atomic E-state index is 0.292. The monoisotopic (exact) mass is 262 g/mol. The van der Waals surface area contributed by atoms with Gasteiger partial charge in [0.2, 0.25) is 0 Å². The highest BCUT2D eigenvalue weighted by Gasteiger charge is 2.40. The maximum atomic E-state index is 6.91. The van der Waals surface area contributed by atoms with Crippen LogP contribution in [0.1, 0.15) is 45.6 Å². The predicted molar refractivity (Wildman–Crippen MR) is 84.1 cm³/mol. The Morgan fingerprint density at radius 3 is 2.16 bits per heavy atom. The van der Waals surface area contributed by atoms with E-state index in [2.05, 4.69) is 70.1 Å². The van der Waals surface area contributed by atoms with Crippen LogP contribution in [0.3, 0.4) is 0 Å². The zero-order valence-electron chi connectivity index (χ0n) is 13.2. The molecule has 2 atom stereocenters. The van der Waals surface area contributed by atoms with E-state index in [-0.39, 0.29) is 5.54 Å². The molecule has 0 aliphatic rings. The Kier molecular flexibility index (Phi) is 6.02. The number of unbranched alkanes of at least 4 members (excludes halogenated alkanes) is 1. The van der Waals surface area contributed by atoms with Crippen LogP contribution < -0.4 is 5.73 Å². The van der Waals surface area contributed by atoms with E-state index < -0.39 is 0 Å². The van der Waals surface area contributed by atoms with Crippen LogP contribution in [0.5, 0.6) is 0 Å². The summed E-state index contributed by atoms with van der Waals surface area (Å²) in [6.45, 7) is 6.70. The summed E-state index contributed by atoms with van der Waals surface area (Å²) in [7, 11) is 4.29. The molecule has 1 aromatic carbocycles. The van der Waals surface area contributed by atoms with Gasteiger partial charge in [0.1, 0.15) is 0 Å². The van der Waals surface area contributed by atoms with Crippen molar-refractivity contribution in [3.8, 4) is 0 Å². The fraction of sp³-hybridized carbons (Fsp3) is 0.647. The highest BCUT2D eigenvalue weighted by atomic mass is 15.1. The summed E-state index contributed by atoms with van der Waals surface area (Å²) >= 11 is 0. The summed E-state index contributed by atoms with van der Waals surface area (Å²) in [4.78, 5) is 2.29. The van der Waals surface area contributed by atoms with Crippen molar-refractivity contribution in [2.75, 3.05) is 14.1 Å². The number of hydrogen-bond donors (Lipinski definition) is 1. The first-order valence-corrected chi connectivity index (χ1v) is 7.45. The third kappa shape index (κ3) is 3.58. The number of hydrogen-bond acceptors (Lipinski definition) is 2. The van der Waals surface area contributed by atoms with Gasteiger partial charge in [-0.05, 0) is 32.0 Å². The number of nitrogens with zero attached hydrogens (tertiary/aromatic N) is 1. The van der Waals surface area contributed by atoms with Crippen molar-refractivity contribution in [3.05, 3.63) is 35.9 Å². The van der Waals surface area contributed by atoms with E-state index in [0.717, 1.165) is 6.42 Å². The van der Waals surface area contributed by atoms with Crippen molar-refractivity contribution < 1.29 is 0 Å². The Balaban J connectivity index is 3.15. The minimum atomic E-state index is -0.292. The molecular weight excluding hydrogens is 232 g/mol. The number of nitrogens with two attached hydrogens (primary N) is 1. The lowest BCUT2D eigenvalue weighted by atomic mass is 9.73. The van der Waals surface area contributed by atoms with Crippen molar-refractivity contribution in [2.45, 2.75) is 51.6 Å². The van der Waals surface area contributed by atoms with Crippen LogP contribution in [0.4, 0.5) is 0 Å².